The minimum Gasteiger partial charge on any atom is -0.228 e. The second-order valence-corrected chi connectivity index (χ2v) is 6.98. The highest BCUT2D eigenvalue weighted by Crippen LogP contribution is 2.37. The summed E-state index contributed by atoms with van der Waals surface area (Å²) in [5, 5.41) is 7.73. The molecular weight excluding hydrogens is 354 g/mol. The van der Waals surface area contributed by atoms with Crippen molar-refractivity contribution in [2.45, 2.75) is 6.92 Å². The largest absolute Gasteiger partial charge is 0.228 e. The Hall–Kier alpha value is -3.17. The van der Waals surface area contributed by atoms with Gasteiger partial charge in [-0.15, -0.1) is 0 Å². The quantitative estimate of drug-likeness (QED) is 0.370. The van der Waals surface area contributed by atoms with E-state index in [2.05, 4.69) is 18.2 Å². The molecule has 130 valence electrons. The molecule has 0 aliphatic rings. The van der Waals surface area contributed by atoms with Crippen molar-refractivity contribution in [2.75, 3.05) is 0 Å². The molecule has 3 aromatic carbocycles. The number of benzene rings is 3. The molecule has 0 radical (unpaired) electrons. The Morgan fingerprint density at radius 1 is 0.815 bits per heavy atom. The van der Waals surface area contributed by atoms with Gasteiger partial charge in [0, 0.05) is 16.0 Å². The Morgan fingerprint density at radius 3 is 2.30 bits per heavy atom. The summed E-state index contributed by atoms with van der Waals surface area (Å²) in [5.41, 5.74) is 6.03. The molecule has 0 aliphatic heterocycles. The predicted molar refractivity (Wildman–Crippen MR) is 112 cm³/mol. The van der Waals surface area contributed by atoms with Gasteiger partial charge in [0.15, 0.2) is 5.65 Å². The van der Waals surface area contributed by atoms with Crippen LogP contribution in [-0.2, 0) is 0 Å². The lowest BCUT2D eigenvalue weighted by Gasteiger charge is -2.10. The Labute approximate surface area is 161 Å². The van der Waals surface area contributed by atoms with Crippen molar-refractivity contribution in [3.63, 3.8) is 0 Å². The number of hydrogen-bond acceptors (Lipinski definition) is 2. The summed E-state index contributed by atoms with van der Waals surface area (Å²) in [4.78, 5) is 4.95. The molecule has 5 rings (SSSR count). The topological polar surface area (TPSA) is 30.7 Å². The van der Waals surface area contributed by atoms with Crippen molar-refractivity contribution < 1.29 is 0 Å². The number of aromatic nitrogens is 3. The first kappa shape index (κ1) is 16.0. The molecule has 4 heteroatoms. The van der Waals surface area contributed by atoms with Crippen LogP contribution in [0.2, 0.25) is 5.02 Å². The van der Waals surface area contributed by atoms with Crippen LogP contribution in [0.25, 0.3) is 38.8 Å². The molecule has 0 saturated heterocycles. The summed E-state index contributed by atoms with van der Waals surface area (Å²) < 4.78 is 1.93. The van der Waals surface area contributed by atoms with E-state index in [-0.39, 0.29) is 0 Å². The zero-order valence-electron chi connectivity index (χ0n) is 14.7. The molecule has 2 aromatic heterocycles. The molecule has 3 nitrogen and oxygen atoms in total. The van der Waals surface area contributed by atoms with Crippen molar-refractivity contribution in [1.29, 1.82) is 0 Å². The van der Waals surface area contributed by atoms with Crippen LogP contribution < -0.4 is 0 Å². The molecule has 27 heavy (non-hydrogen) atoms. The highest BCUT2D eigenvalue weighted by molar-refractivity contribution is 6.30. The minimum atomic E-state index is 0.727. The lowest BCUT2D eigenvalue weighted by Crippen LogP contribution is -1.98. The highest BCUT2D eigenvalue weighted by Gasteiger charge is 2.18. The summed E-state index contributed by atoms with van der Waals surface area (Å²) in [7, 11) is 0. The Bertz CT molecular complexity index is 1270. The third kappa shape index (κ3) is 2.59. The number of para-hydroxylation sites is 2. The maximum atomic E-state index is 6.12. The van der Waals surface area contributed by atoms with Crippen LogP contribution in [0.3, 0.4) is 0 Å². The fourth-order valence-electron chi connectivity index (χ4n) is 3.61. The Balaban J connectivity index is 1.94. The Morgan fingerprint density at radius 2 is 1.52 bits per heavy atom. The van der Waals surface area contributed by atoms with E-state index in [1.807, 2.05) is 72.3 Å². The second kappa shape index (κ2) is 6.22. The van der Waals surface area contributed by atoms with Gasteiger partial charge < -0.3 is 0 Å². The van der Waals surface area contributed by atoms with Crippen LogP contribution in [0.4, 0.5) is 0 Å². The maximum Gasteiger partial charge on any atom is 0.164 e. The third-order valence-electron chi connectivity index (χ3n) is 4.82. The molecular formula is C23H16ClN3. The first-order chi connectivity index (χ1) is 13.2. The summed E-state index contributed by atoms with van der Waals surface area (Å²) in [5.74, 6) is 0. The fourth-order valence-corrected chi connectivity index (χ4v) is 3.73. The molecule has 0 amide bonds. The molecule has 0 bridgehead atoms. The zero-order valence-corrected chi connectivity index (χ0v) is 15.5. The maximum absolute atomic E-state index is 6.12. The number of fused-ring (bicyclic) bond motifs is 2. The van der Waals surface area contributed by atoms with Crippen molar-refractivity contribution in [2.24, 2.45) is 0 Å². The van der Waals surface area contributed by atoms with Crippen LogP contribution in [0, 0.1) is 6.92 Å². The van der Waals surface area contributed by atoms with E-state index < -0.39 is 0 Å². The number of halogens is 1. The third-order valence-corrected chi connectivity index (χ3v) is 5.07. The van der Waals surface area contributed by atoms with Gasteiger partial charge >= 0.3 is 0 Å². The average molecular weight is 370 g/mol. The standard InChI is InChI=1S/C23H16ClN3/c1-15-21-22(16-11-13-17(24)14-12-16)19-9-5-6-10-20(19)25-23(21)27(26-15)18-7-3-2-4-8-18/h2-14H,1H3. The lowest BCUT2D eigenvalue weighted by molar-refractivity contribution is 0.879. The average Bonchev–Trinajstić information content (AvgIpc) is 3.04. The van der Waals surface area contributed by atoms with Gasteiger partial charge in [0.1, 0.15) is 0 Å². The molecule has 2 heterocycles. The molecule has 0 fully saturated rings. The molecule has 0 spiro atoms. The molecule has 0 atom stereocenters. The number of pyridine rings is 1. The van der Waals surface area contributed by atoms with Gasteiger partial charge in [-0.25, -0.2) is 9.67 Å². The molecule has 0 saturated carbocycles. The highest BCUT2D eigenvalue weighted by atomic mass is 35.5. The number of hydrogen-bond donors (Lipinski definition) is 0. The summed E-state index contributed by atoms with van der Waals surface area (Å²) in [6.45, 7) is 2.04. The van der Waals surface area contributed by atoms with Gasteiger partial charge in [0.2, 0.25) is 0 Å². The number of rotatable bonds is 2. The van der Waals surface area contributed by atoms with E-state index in [9.17, 15) is 0 Å². The summed E-state index contributed by atoms with van der Waals surface area (Å²) in [6.07, 6.45) is 0. The van der Waals surface area contributed by atoms with Crippen molar-refractivity contribution >= 4 is 33.5 Å². The van der Waals surface area contributed by atoms with Crippen LogP contribution in [0.1, 0.15) is 5.69 Å². The van der Waals surface area contributed by atoms with Gasteiger partial charge in [-0.2, -0.15) is 5.10 Å². The monoisotopic (exact) mass is 369 g/mol. The van der Waals surface area contributed by atoms with Gasteiger partial charge in [-0.1, -0.05) is 60.1 Å². The van der Waals surface area contributed by atoms with Crippen LogP contribution in [-0.4, -0.2) is 14.8 Å². The fraction of sp³-hybridized carbons (Fsp3) is 0.0435. The minimum absolute atomic E-state index is 0.727. The van der Waals surface area contributed by atoms with Crippen molar-refractivity contribution in [3.05, 3.63) is 89.6 Å². The van der Waals surface area contributed by atoms with Crippen molar-refractivity contribution in [1.82, 2.24) is 14.8 Å². The van der Waals surface area contributed by atoms with Gasteiger partial charge in [0.25, 0.3) is 0 Å². The zero-order chi connectivity index (χ0) is 18.4. The first-order valence-corrected chi connectivity index (χ1v) is 9.19. The van der Waals surface area contributed by atoms with E-state index in [0.717, 1.165) is 49.5 Å². The van der Waals surface area contributed by atoms with E-state index >= 15 is 0 Å². The van der Waals surface area contributed by atoms with Gasteiger partial charge in [-0.05, 0) is 42.8 Å². The normalized spacial score (nSPS) is 11.3. The van der Waals surface area contributed by atoms with Gasteiger partial charge in [0.05, 0.1) is 22.3 Å². The first-order valence-electron chi connectivity index (χ1n) is 8.82. The summed E-state index contributed by atoms with van der Waals surface area (Å²) >= 11 is 6.12. The molecule has 5 aromatic rings. The molecule has 0 N–H and O–H groups in total. The van der Waals surface area contributed by atoms with E-state index in [0.29, 0.717) is 0 Å². The molecule has 0 unspecified atom stereocenters. The predicted octanol–water partition coefficient (Wildman–Crippen LogP) is 6.20. The second-order valence-electron chi connectivity index (χ2n) is 6.54. The van der Waals surface area contributed by atoms with Crippen LogP contribution in [0.5, 0.6) is 0 Å². The van der Waals surface area contributed by atoms with Crippen molar-refractivity contribution in [3.8, 4) is 16.8 Å². The van der Waals surface area contributed by atoms with Gasteiger partial charge in [-0.3, -0.25) is 0 Å². The number of aryl methyl sites for hydroxylation is 1. The smallest absolute Gasteiger partial charge is 0.164 e. The van der Waals surface area contributed by atoms with Crippen LogP contribution in [0.15, 0.2) is 78.9 Å². The number of nitrogens with zero attached hydrogens (tertiary/aromatic N) is 3. The lowest BCUT2D eigenvalue weighted by atomic mass is 9.97. The molecule has 0 aliphatic carbocycles. The van der Waals surface area contributed by atoms with E-state index in [4.69, 9.17) is 21.7 Å². The summed E-state index contributed by atoms with van der Waals surface area (Å²) in [6, 6.07) is 26.3. The Kier molecular flexibility index (Phi) is 3.69. The van der Waals surface area contributed by atoms with E-state index in [1.165, 1.54) is 0 Å². The van der Waals surface area contributed by atoms with Crippen LogP contribution >= 0.6 is 11.6 Å². The SMILES string of the molecule is Cc1nn(-c2ccccc2)c2nc3ccccc3c(-c3ccc(Cl)cc3)c12. The van der Waals surface area contributed by atoms with E-state index in [1.54, 1.807) is 0 Å².